The number of carboxylic acid groups (broad SMARTS) is 1. The second-order valence-electron chi connectivity index (χ2n) is 2.53. The van der Waals surface area contributed by atoms with Gasteiger partial charge in [-0.15, -0.1) is 0 Å². The summed E-state index contributed by atoms with van der Waals surface area (Å²) in [5.74, 6) is -1.08. The summed E-state index contributed by atoms with van der Waals surface area (Å²) < 4.78 is -0.817. The minimum atomic E-state index is -1.08. The van der Waals surface area contributed by atoms with E-state index in [0.717, 1.165) is 19.8 Å². The second kappa shape index (κ2) is 9.12. The van der Waals surface area contributed by atoms with Crippen molar-refractivity contribution in [3.8, 4) is 0 Å². The van der Waals surface area contributed by atoms with E-state index in [9.17, 15) is 0 Å². The van der Waals surface area contributed by atoms with Crippen LogP contribution in [0.25, 0.3) is 0 Å². The number of unbranched alkanes of at least 4 members (excludes halogenated alkanes) is 2. The molecule has 0 aromatic heterocycles. The van der Waals surface area contributed by atoms with Gasteiger partial charge in [-0.25, -0.2) is 0 Å². The van der Waals surface area contributed by atoms with Crippen molar-refractivity contribution in [2.24, 2.45) is 0 Å². The van der Waals surface area contributed by atoms with Crippen LogP contribution in [0.15, 0.2) is 0 Å². The molecule has 0 aliphatic rings. The standard InChI is InChI=1S/C6H11Cl2.C2H4O2.Co/c1-2-3-4-5-6(7)8;1-2(3)4;/h2-5H2,1H3;1H3,(H,3,4);/q;;+1/p-1. The topological polar surface area (TPSA) is 40.1 Å². The van der Waals surface area contributed by atoms with Crippen molar-refractivity contribution >= 4 is 29.2 Å². The first-order valence-electron chi connectivity index (χ1n) is 4.01. The molecular weight excluding hydrogens is 258 g/mol. The van der Waals surface area contributed by atoms with E-state index < -0.39 is 9.24 Å². The minimum absolute atomic E-state index is 0.768. The van der Waals surface area contributed by atoms with E-state index >= 15 is 0 Å². The van der Waals surface area contributed by atoms with Crippen molar-refractivity contribution in [2.45, 2.75) is 42.8 Å². The van der Waals surface area contributed by atoms with E-state index in [4.69, 9.17) is 33.1 Å². The molecule has 2 nitrogen and oxygen atoms in total. The first-order chi connectivity index (χ1) is 5.79. The van der Waals surface area contributed by atoms with Crippen molar-refractivity contribution in [1.29, 1.82) is 0 Å². The summed E-state index contributed by atoms with van der Waals surface area (Å²) in [6, 6.07) is 0. The Kier molecular flexibility index (Phi) is 11.2. The number of carbonyl (C=O) groups is 1. The monoisotopic (exact) mass is 271 g/mol. The summed E-state index contributed by atoms with van der Waals surface area (Å²) in [6.07, 6.45) is 4.20. The summed E-state index contributed by atoms with van der Waals surface area (Å²) in [7, 11) is 0. The van der Waals surface area contributed by atoms with Gasteiger partial charge in [0.05, 0.1) is 0 Å². The Morgan fingerprint density at radius 1 is 1.46 bits per heavy atom. The Bertz CT molecular complexity index is 131. The number of rotatable bonds is 4. The van der Waals surface area contributed by atoms with Gasteiger partial charge in [0.25, 0.3) is 0 Å². The number of carbonyl (C=O) groups excluding carboxylic acids is 1. The predicted octanol–water partition coefficient (Wildman–Crippen LogP) is 2.00. The molecule has 0 aliphatic heterocycles. The number of hydrogen-bond donors (Lipinski definition) is 0. The number of halogens is 2. The molecule has 0 saturated heterocycles. The van der Waals surface area contributed by atoms with E-state index in [1.165, 1.54) is 12.8 Å². The molecule has 0 aromatic rings. The number of aliphatic carboxylic acids is 1. The number of alkyl halides is 2. The van der Waals surface area contributed by atoms with Gasteiger partial charge in [-0.05, 0) is 6.92 Å². The van der Waals surface area contributed by atoms with E-state index in [0.29, 0.717) is 0 Å². The Morgan fingerprint density at radius 2 is 1.85 bits per heavy atom. The van der Waals surface area contributed by atoms with E-state index in [1.807, 2.05) is 0 Å². The molecule has 0 aliphatic carbocycles. The maximum absolute atomic E-state index is 8.89. The molecule has 0 fully saturated rings. The molecule has 81 valence electrons. The van der Waals surface area contributed by atoms with Gasteiger partial charge in [-0.1, -0.05) is 0 Å². The Labute approximate surface area is 97.6 Å². The fraction of sp³-hybridized carbons (Fsp3) is 0.875. The Balaban J connectivity index is 0. The Hall–Kier alpha value is 0.556. The van der Waals surface area contributed by atoms with Gasteiger partial charge in [-0.3, -0.25) is 0 Å². The first kappa shape index (κ1) is 16.0. The fourth-order valence-electron chi connectivity index (χ4n) is 0.568. The molecule has 0 aromatic carbocycles. The zero-order valence-electron chi connectivity index (χ0n) is 7.73. The molecule has 0 bridgehead atoms. The van der Waals surface area contributed by atoms with Crippen LogP contribution in [-0.4, -0.2) is 9.24 Å². The third kappa shape index (κ3) is 32.6. The summed E-state index contributed by atoms with van der Waals surface area (Å²) in [5.41, 5.74) is 0. The maximum atomic E-state index is 8.89. The van der Waals surface area contributed by atoms with Gasteiger partial charge in [0.15, 0.2) is 0 Å². The molecular formula is C8H14Cl2CoO2. The molecule has 0 spiro atoms. The average molecular weight is 272 g/mol. The fourth-order valence-corrected chi connectivity index (χ4v) is 1.02. The van der Waals surface area contributed by atoms with Gasteiger partial charge >= 0.3 is 74.8 Å². The van der Waals surface area contributed by atoms with Crippen LogP contribution in [-0.2, 0) is 20.5 Å². The van der Waals surface area contributed by atoms with Gasteiger partial charge in [0, 0.05) is 5.97 Å². The summed E-state index contributed by atoms with van der Waals surface area (Å²) in [4.78, 5) is 8.89. The molecule has 13 heavy (non-hydrogen) atoms. The van der Waals surface area contributed by atoms with Crippen molar-refractivity contribution in [3.63, 3.8) is 0 Å². The molecule has 0 rings (SSSR count). The average Bonchev–Trinajstić information content (AvgIpc) is 1.83. The van der Waals surface area contributed by atoms with Crippen molar-refractivity contribution < 1.29 is 25.6 Å². The van der Waals surface area contributed by atoms with Gasteiger partial charge in [0.2, 0.25) is 0 Å². The normalized spacial score (nSPS) is 10.2. The molecule has 0 amide bonds. The molecule has 5 heteroatoms. The molecule has 0 radical (unpaired) electrons. The molecule has 0 N–H and O–H groups in total. The van der Waals surface area contributed by atoms with E-state index in [1.54, 1.807) is 0 Å². The Morgan fingerprint density at radius 3 is 2.08 bits per heavy atom. The molecule has 0 heterocycles. The van der Waals surface area contributed by atoms with Crippen LogP contribution in [0.3, 0.4) is 0 Å². The number of carboxylic acids is 1. The van der Waals surface area contributed by atoms with Crippen LogP contribution in [0, 0.1) is 0 Å². The van der Waals surface area contributed by atoms with Crippen LogP contribution in [0.4, 0.5) is 0 Å². The zero-order valence-corrected chi connectivity index (χ0v) is 10.3. The van der Waals surface area contributed by atoms with Crippen molar-refractivity contribution in [2.75, 3.05) is 0 Å². The molecule has 0 unspecified atom stereocenters. The van der Waals surface area contributed by atoms with Crippen LogP contribution in [0.1, 0.15) is 39.5 Å². The summed E-state index contributed by atoms with van der Waals surface area (Å²) in [6.45, 7) is 3.11. The van der Waals surface area contributed by atoms with Crippen LogP contribution in [0.5, 0.6) is 0 Å². The summed E-state index contributed by atoms with van der Waals surface area (Å²) in [5, 5.41) is 8.89. The van der Waals surface area contributed by atoms with Gasteiger partial charge in [-0.2, -0.15) is 0 Å². The van der Waals surface area contributed by atoms with Crippen molar-refractivity contribution in [3.05, 3.63) is 0 Å². The quantitative estimate of drug-likeness (QED) is 0.580. The van der Waals surface area contributed by atoms with Crippen LogP contribution in [0.2, 0.25) is 0 Å². The molecule has 0 atom stereocenters. The predicted molar refractivity (Wildman–Crippen MR) is 49.3 cm³/mol. The van der Waals surface area contributed by atoms with Crippen LogP contribution >= 0.6 is 23.2 Å². The zero-order chi connectivity index (χ0) is 10.9. The number of hydrogen-bond acceptors (Lipinski definition) is 2. The van der Waals surface area contributed by atoms with E-state index in [-0.39, 0.29) is 0 Å². The van der Waals surface area contributed by atoms with Crippen LogP contribution < -0.4 is 5.11 Å². The molecule has 0 saturated carbocycles. The van der Waals surface area contributed by atoms with Gasteiger partial charge in [0.1, 0.15) is 0 Å². The van der Waals surface area contributed by atoms with E-state index in [2.05, 4.69) is 22.7 Å². The first-order valence-corrected chi connectivity index (χ1v) is 5.29. The van der Waals surface area contributed by atoms with Gasteiger partial charge < -0.3 is 9.90 Å². The third-order valence-corrected chi connectivity index (χ3v) is 1.69. The SMILES string of the molecule is CC(=O)[O-].CCCCC[C](Cl)(Cl)[Co+]. The second-order valence-corrected chi connectivity index (χ2v) is 5.44. The summed E-state index contributed by atoms with van der Waals surface area (Å²) >= 11 is 15.2. The van der Waals surface area contributed by atoms with Crippen molar-refractivity contribution in [1.82, 2.24) is 0 Å². The third-order valence-electron chi connectivity index (χ3n) is 1.05.